The Hall–Kier alpha value is -3.71. The summed E-state index contributed by atoms with van der Waals surface area (Å²) in [7, 11) is -0.793. The van der Waals surface area contributed by atoms with Gasteiger partial charge in [-0.15, -0.1) is 13.2 Å². The van der Waals surface area contributed by atoms with Crippen molar-refractivity contribution in [3.63, 3.8) is 0 Å². The predicted molar refractivity (Wildman–Crippen MR) is 200 cm³/mol. The summed E-state index contributed by atoms with van der Waals surface area (Å²) in [5, 5.41) is 15.0. The highest BCUT2D eigenvalue weighted by atomic mass is 32.2. The Kier molecular flexibility index (Phi) is 15.7. The fraction of sp³-hybridized carbons (Fsp3) is 0.538. The molecule has 51 heavy (non-hydrogen) atoms. The number of nitrogens with one attached hydrogen (secondary N) is 1. The third kappa shape index (κ3) is 11.9. The highest BCUT2D eigenvalue weighted by Gasteiger charge is 2.43. The molecule has 2 aromatic rings. The zero-order valence-corrected chi connectivity index (χ0v) is 31.9. The molecule has 0 radical (unpaired) electrons. The van der Waals surface area contributed by atoms with Gasteiger partial charge in [0.05, 0.1) is 50.3 Å². The number of aliphatic hydroxyl groups is 1. The molecule has 0 fully saturated rings. The Morgan fingerprint density at radius 2 is 1.80 bits per heavy atom. The molecule has 12 heteroatoms. The van der Waals surface area contributed by atoms with Crippen molar-refractivity contribution in [1.82, 2.24) is 14.5 Å². The van der Waals surface area contributed by atoms with Crippen LogP contribution in [-0.4, -0.2) is 97.7 Å². The van der Waals surface area contributed by atoms with E-state index in [-0.39, 0.29) is 31.7 Å². The highest BCUT2D eigenvalue weighted by Crippen LogP contribution is 2.40. The van der Waals surface area contributed by atoms with Crippen molar-refractivity contribution < 1.29 is 37.3 Å². The summed E-state index contributed by atoms with van der Waals surface area (Å²) in [5.41, 5.74) is 1.74. The number of rotatable bonds is 20. The number of benzene rings is 2. The molecule has 0 heterocycles. The fourth-order valence-corrected chi connectivity index (χ4v) is 7.66. The largest absolute Gasteiger partial charge is 0.497 e. The second-order valence-electron chi connectivity index (χ2n) is 14.0. The Balaban J connectivity index is 2.04. The molecule has 11 nitrogen and oxygen atoms in total. The van der Waals surface area contributed by atoms with Gasteiger partial charge in [-0.05, 0) is 68.9 Å². The molecule has 0 unspecified atom stereocenters. The lowest BCUT2D eigenvalue weighted by Crippen LogP contribution is -2.56. The molecule has 0 aromatic heterocycles. The number of hydrogen-bond donors (Lipinski definition) is 2. The number of carbonyl (C=O) groups excluding carboxylic acids is 2. The van der Waals surface area contributed by atoms with Gasteiger partial charge in [0.15, 0.2) is 0 Å². The summed E-state index contributed by atoms with van der Waals surface area (Å²) in [6, 6.07) is 12.3. The third-order valence-corrected chi connectivity index (χ3v) is 10.8. The van der Waals surface area contributed by atoms with E-state index in [9.17, 15) is 23.1 Å². The maximum absolute atomic E-state index is 14.1. The monoisotopic (exact) mass is 727 g/mol. The highest BCUT2D eigenvalue weighted by molar-refractivity contribution is 7.89. The van der Waals surface area contributed by atoms with Gasteiger partial charge in [-0.2, -0.15) is 4.31 Å². The van der Waals surface area contributed by atoms with Crippen molar-refractivity contribution >= 4 is 22.0 Å². The van der Waals surface area contributed by atoms with Crippen LogP contribution in [0.25, 0.3) is 0 Å². The summed E-state index contributed by atoms with van der Waals surface area (Å²) >= 11 is 0. The zero-order chi connectivity index (χ0) is 37.8. The van der Waals surface area contributed by atoms with Crippen LogP contribution in [0, 0.1) is 0 Å². The topological polar surface area (TPSA) is 135 Å². The lowest BCUT2D eigenvalue weighted by molar-refractivity contribution is -0.126. The quantitative estimate of drug-likeness (QED) is 0.133. The molecule has 1 aliphatic carbocycles. The van der Waals surface area contributed by atoms with Crippen LogP contribution < -0.4 is 10.1 Å². The van der Waals surface area contributed by atoms with E-state index in [1.807, 2.05) is 55.5 Å². The summed E-state index contributed by atoms with van der Waals surface area (Å²) in [6.45, 7) is 14.8. The average molecular weight is 728 g/mol. The van der Waals surface area contributed by atoms with Gasteiger partial charge in [-0.25, -0.2) is 13.2 Å². The molecule has 2 N–H and O–H groups in total. The van der Waals surface area contributed by atoms with Crippen molar-refractivity contribution in [2.45, 2.75) is 102 Å². The molecule has 5 atom stereocenters. The second kappa shape index (κ2) is 19.2. The molecular weight excluding hydrogens is 671 g/mol. The predicted octanol–water partition coefficient (Wildman–Crippen LogP) is 5.59. The normalized spacial score (nSPS) is 17.6. The summed E-state index contributed by atoms with van der Waals surface area (Å²) in [4.78, 5) is 29.5. The van der Waals surface area contributed by atoms with Crippen molar-refractivity contribution in [3.05, 3.63) is 90.5 Å². The number of unbranched alkanes of at least 4 members (excludes halogenated alkanes) is 2. The summed E-state index contributed by atoms with van der Waals surface area (Å²) < 4.78 is 45.2. The van der Waals surface area contributed by atoms with Crippen LogP contribution in [0.15, 0.2) is 73.8 Å². The number of ether oxygens (including phenoxy) is 3. The van der Waals surface area contributed by atoms with Crippen LogP contribution in [0.4, 0.5) is 4.79 Å². The van der Waals surface area contributed by atoms with E-state index < -0.39 is 58.0 Å². The molecule has 0 saturated heterocycles. The molecule has 1 aliphatic rings. The van der Waals surface area contributed by atoms with Crippen molar-refractivity contribution in [1.29, 1.82) is 0 Å². The number of nitrogens with zero attached hydrogens (tertiary/aromatic N) is 2. The van der Waals surface area contributed by atoms with E-state index in [0.717, 1.165) is 33.8 Å². The molecule has 0 bridgehead atoms. The van der Waals surface area contributed by atoms with Gasteiger partial charge in [0.2, 0.25) is 15.9 Å². The minimum absolute atomic E-state index is 0.0660. The second-order valence-corrected chi connectivity index (χ2v) is 16.1. The fourth-order valence-electron chi connectivity index (χ4n) is 6.23. The summed E-state index contributed by atoms with van der Waals surface area (Å²) in [6.07, 6.45) is 3.54. The number of hydrogen-bond acceptors (Lipinski definition) is 8. The molecule has 282 valence electrons. The molecule has 0 saturated carbocycles. The van der Waals surface area contributed by atoms with E-state index in [1.165, 1.54) is 18.0 Å². The van der Waals surface area contributed by atoms with E-state index in [1.54, 1.807) is 34.0 Å². The Morgan fingerprint density at radius 1 is 1.10 bits per heavy atom. The number of aliphatic hydroxyl groups excluding tert-OH is 1. The number of amides is 2. The first kappa shape index (κ1) is 41.7. The molecule has 0 aliphatic heterocycles. The first-order chi connectivity index (χ1) is 24.1. The van der Waals surface area contributed by atoms with Crippen LogP contribution in [0.2, 0.25) is 0 Å². The van der Waals surface area contributed by atoms with Crippen LogP contribution in [0.1, 0.15) is 76.1 Å². The van der Waals surface area contributed by atoms with Gasteiger partial charge in [-0.3, -0.25) is 9.69 Å². The van der Waals surface area contributed by atoms with Gasteiger partial charge in [-0.1, -0.05) is 68.3 Å². The van der Waals surface area contributed by atoms with Gasteiger partial charge < -0.3 is 24.6 Å². The molecule has 3 rings (SSSR count). The molecule has 2 aromatic carbocycles. The number of sulfonamides is 1. The van der Waals surface area contributed by atoms with Crippen molar-refractivity contribution in [3.8, 4) is 5.75 Å². The van der Waals surface area contributed by atoms with Gasteiger partial charge in [0, 0.05) is 13.5 Å². The number of methoxy groups -OCH3 is 1. The minimum atomic E-state index is -3.76. The number of fused-ring (bicyclic) bond motifs is 1. The van der Waals surface area contributed by atoms with Gasteiger partial charge in [0.25, 0.3) is 0 Å². The first-order valence-electron chi connectivity index (χ1n) is 17.6. The maximum Gasteiger partial charge on any atom is 0.410 e. The van der Waals surface area contributed by atoms with Gasteiger partial charge in [0.1, 0.15) is 17.4 Å². The number of carbonyl (C=O) groups is 2. The smallest absolute Gasteiger partial charge is 0.410 e. The average Bonchev–Trinajstić information content (AvgIpc) is 3.44. The molecule has 2 amide bonds. The number of likely N-dealkylation sites (N-methyl/N-ethyl adjacent to an activating group) is 1. The Labute approximate surface area is 304 Å². The van der Waals surface area contributed by atoms with Crippen LogP contribution in [0.3, 0.4) is 0 Å². The zero-order valence-electron chi connectivity index (χ0n) is 31.0. The standard InChI is InChI=1S/C39H57N3O8S/c1-9-12-16-23-51(46,47)41(7)33(17-10-2)37(44)40-32(24-28-18-14-13-15-19-28)34(43)27-42(38(45)50-39(4,5)6)36-31-26-30(48-8)21-20-29(31)25-35(36)49-22-11-3/h10-11,13-15,18-21,26,32-36,43H,2-3,9,12,16-17,22-25,27H2,1,4-8H3,(H,40,44)/t32-,33-,34+,35-,36+/m0/s1. The molecule has 0 spiro atoms. The third-order valence-electron chi connectivity index (χ3n) is 8.89. The van der Waals surface area contributed by atoms with Crippen LogP contribution in [-0.2, 0) is 37.1 Å². The van der Waals surface area contributed by atoms with E-state index in [0.29, 0.717) is 18.6 Å². The van der Waals surface area contributed by atoms with E-state index in [4.69, 9.17) is 14.2 Å². The SMILES string of the molecule is C=CCO[C@H]1Cc2ccc(OC)cc2[C@H]1N(C[C@@H](O)[C@H](Cc1ccccc1)NC(=O)[C@H](CC=C)N(C)S(=O)(=O)CCCCC)C(=O)OC(C)(C)C. The Morgan fingerprint density at radius 3 is 2.41 bits per heavy atom. The molecular formula is C39H57N3O8S. The van der Waals surface area contributed by atoms with Crippen molar-refractivity contribution in [2.75, 3.05) is 33.1 Å². The van der Waals surface area contributed by atoms with Crippen LogP contribution in [0.5, 0.6) is 5.75 Å². The first-order valence-corrected chi connectivity index (χ1v) is 19.2. The van der Waals surface area contributed by atoms with E-state index >= 15 is 0 Å². The van der Waals surface area contributed by atoms with Crippen LogP contribution >= 0.6 is 0 Å². The minimum Gasteiger partial charge on any atom is -0.497 e. The lowest BCUT2D eigenvalue weighted by atomic mass is 9.98. The summed E-state index contributed by atoms with van der Waals surface area (Å²) in [5.74, 6) is -0.0606. The maximum atomic E-state index is 14.1. The van der Waals surface area contributed by atoms with Crippen molar-refractivity contribution in [2.24, 2.45) is 0 Å². The van der Waals surface area contributed by atoms with Gasteiger partial charge >= 0.3 is 6.09 Å². The Bertz CT molecular complexity index is 1560. The van der Waals surface area contributed by atoms with E-state index in [2.05, 4.69) is 18.5 Å². The lowest BCUT2D eigenvalue weighted by Gasteiger charge is -2.38.